The Bertz CT molecular complexity index is 1130. The van der Waals surface area contributed by atoms with Crippen molar-refractivity contribution in [2.45, 2.75) is 34.6 Å². The summed E-state index contributed by atoms with van der Waals surface area (Å²) in [5.74, 6) is -0.473. The van der Waals surface area contributed by atoms with E-state index in [1.807, 2.05) is 0 Å². The number of halogens is 1. The molecule has 200 valence electrons. The molecule has 0 N–H and O–H groups in total. The summed E-state index contributed by atoms with van der Waals surface area (Å²) in [6.07, 6.45) is 0. The molecule has 0 aliphatic carbocycles. The topological polar surface area (TPSA) is 80.3 Å². The van der Waals surface area contributed by atoms with Crippen molar-refractivity contribution < 1.29 is 37.7 Å². The molecule has 0 fully saturated rings. The van der Waals surface area contributed by atoms with Crippen molar-refractivity contribution in [3.8, 4) is 28.4 Å². The molecule has 37 heavy (non-hydrogen) atoms. The van der Waals surface area contributed by atoms with Gasteiger partial charge < -0.3 is 23.7 Å². The Morgan fingerprint density at radius 2 is 1.35 bits per heavy atom. The number of benzene rings is 2. The zero-order valence-electron chi connectivity index (χ0n) is 22.1. The zero-order chi connectivity index (χ0) is 27.6. The molecule has 0 heterocycles. The second-order valence-corrected chi connectivity index (χ2v) is 9.55. The molecule has 7 nitrogen and oxygen atoms in total. The van der Waals surface area contributed by atoms with Gasteiger partial charge in [0.05, 0.1) is 5.41 Å². The van der Waals surface area contributed by atoms with Crippen LogP contribution in [0, 0.1) is 11.2 Å². The fraction of sp³-hybridized carbons (Fsp3) is 0.379. The summed E-state index contributed by atoms with van der Waals surface area (Å²) >= 11 is 0. The van der Waals surface area contributed by atoms with E-state index in [0.29, 0.717) is 28.2 Å². The van der Waals surface area contributed by atoms with Gasteiger partial charge in [-0.1, -0.05) is 25.3 Å². The third-order valence-electron chi connectivity index (χ3n) is 4.79. The van der Waals surface area contributed by atoms with Gasteiger partial charge in [-0.2, -0.15) is 0 Å². The Kier molecular flexibility index (Phi) is 10.7. The average Bonchev–Trinajstić information content (AvgIpc) is 2.83. The van der Waals surface area contributed by atoms with Gasteiger partial charge in [0.25, 0.3) is 0 Å². The number of carbonyl (C=O) groups excluding carboxylic acids is 2. The maximum Gasteiger partial charge on any atom is 0.333 e. The van der Waals surface area contributed by atoms with E-state index >= 15 is 0 Å². The SMILES string of the molecule is C=C(C)COc1ccc(-c2ccc(OCCOC(=O)C(=C)C)c(OCCOC(=O)C(C)(C)C)c2)cc1F. The number of carbonyl (C=O) groups is 2. The van der Waals surface area contributed by atoms with Gasteiger partial charge in [-0.25, -0.2) is 9.18 Å². The summed E-state index contributed by atoms with van der Waals surface area (Å²) in [7, 11) is 0. The minimum Gasteiger partial charge on any atom is -0.486 e. The van der Waals surface area contributed by atoms with E-state index in [-0.39, 0.29) is 44.8 Å². The van der Waals surface area contributed by atoms with E-state index < -0.39 is 17.2 Å². The number of ether oxygens (including phenoxy) is 5. The van der Waals surface area contributed by atoms with Gasteiger partial charge in [-0.15, -0.1) is 0 Å². The van der Waals surface area contributed by atoms with Crippen molar-refractivity contribution in [1.82, 2.24) is 0 Å². The number of esters is 2. The molecule has 0 atom stereocenters. The molecule has 0 spiro atoms. The van der Waals surface area contributed by atoms with Crippen LogP contribution in [0.15, 0.2) is 60.7 Å². The molecule has 0 amide bonds. The van der Waals surface area contributed by atoms with Gasteiger partial charge in [-0.3, -0.25) is 4.79 Å². The van der Waals surface area contributed by atoms with E-state index in [1.165, 1.54) is 6.07 Å². The summed E-state index contributed by atoms with van der Waals surface area (Å²) in [4.78, 5) is 23.6. The van der Waals surface area contributed by atoms with Crippen molar-refractivity contribution in [2.24, 2.45) is 5.41 Å². The third-order valence-corrected chi connectivity index (χ3v) is 4.79. The summed E-state index contributed by atoms with van der Waals surface area (Å²) in [6, 6.07) is 9.79. The molecule has 0 saturated heterocycles. The molecular formula is C29H35FO7. The molecule has 8 heteroatoms. The lowest BCUT2D eigenvalue weighted by atomic mass is 9.97. The molecule has 0 aromatic heterocycles. The highest BCUT2D eigenvalue weighted by atomic mass is 19.1. The van der Waals surface area contributed by atoms with E-state index in [0.717, 1.165) is 5.57 Å². The van der Waals surface area contributed by atoms with Crippen LogP contribution in [0.3, 0.4) is 0 Å². The van der Waals surface area contributed by atoms with Gasteiger partial charge in [0.2, 0.25) is 0 Å². The van der Waals surface area contributed by atoms with E-state index in [4.69, 9.17) is 23.7 Å². The molecule has 0 bridgehead atoms. The minimum absolute atomic E-state index is 0.0208. The molecule has 0 aliphatic heterocycles. The maximum absolute atomic E-state index is 14.6. The molecule has 0 aliphatic rings. The van der Waals surface area contributed by atoms with Crippen molar-refractivity contribution >= 4 is 11.9 Å². The number of hydrogen-bond donors (Lipinski definition) is 0. The molecule has 0 radical (unpaired) electrons. The highest BCUT2D eigenvalue weighted by molar-refractivity contribution is 5.86. The fourth-order valence-electron chi connectivity index (χ4n) is 2.83. The Hall–Kier alpha value is -3.81. The predicted molar refractivity (Wildman–Crippen MR) is 139 cm³/mol. The first-order valence-corrected chi connectivity index (χ1v) is 11.8. The average molecular weight is 515 g/mol. The van der Waals surface area contributed by atoms with E-state index in [1.54, 1.807) is 65.0 Å². The van der Waals surface area contributed by atoms with Crippen LogP contribution in [0.25, 0.3) is 11.1 Å². The molecule has 2 aromatic carbocycles. The predicted octanol–water partition coefficient (Wildman–Crippen LogP) is 5.91. The lowest BCUT2D eigenvalue weighted by Crippen LogP contribution is -2.25. The van der Waals surface area contributed by atoms with Crippen LogP contribution in [-0.4, -0.2) is 45.0 Å². The first kappa shape index (κ1) is 29.4. The highest BCUT2D eigenvalue weighted by Crippen LogP contribution is 2.34. The first-order chi connectivity index (χ1) is 17.4. The van der Waals surface area contributed by atoms with Gasteiger partial charge >= 0.3 is 11.9 Å². The number of rotatable bonds is 13. The molecule has 2 aromatic rings. The van der Waals surface area contributed by atoms with Crippen LogP contribution < -0.4 is 14.2 Å². The summed E-state index contributed by atoms with van der Waals surface area (Å²) in [5.41, 5.74) is 1.73. The quantitative estimate of drug-likeness (QED) is 0.142. The van der Waals surface area contributed by atoms with Crippen LogP contribution >= 0.6 is 0 Å². The van der Waals surface area contributed by atoms with Crippen molar-refractivity contribution in [3.05, 3.63) is 66.5 Å². The van der Waals surface area contributed by atoms with Crippen LogP contribution in [0.5, 0.6) is 17.2 Å². The van der Waals surface area contributed by atoms with Crippen LogP contribution in [0.2, 0.25) is 0 Å². The Morgan fingerprint density at radius 3 is 1.92 bits per heavy atom. The monoisotopic (exact) mass is 514 g/mol. The van der Waals surface area contributed by atoms with Gasteiger partial charge in [-0.05, 0) is 75.6 Å². The van der Waals surface area contributed by atoms with Crippen LogP contribution in [0.1, 0.15) is 34.6 Å². The highest BCUT2D eigenvalue weighted by Gasteiger charge is 2.23. The van der Waals surface area contributed by atoms with Gasteiger partial charge in [0.1, 0.15) is 33.0 Å². The Balaban J connectivity index is 2.17. The fourth-order valence-corrected chi connectivity index (χ4v) is 2.83. The largest absolute Gasteiger partial charge is 0.486 e. The summed E-state index contributed by atoms with van der Waals surface area (Å²) in [6.45, 7) is 16.4. The van der Waals surface area contributed by atoms with Gasteiger partial charge in [0.15, 0.2) is 23.1 Å². The standard InChI is InChI=1S/C29H35FO7/c1-19(2)18-37-24-10-8-21(16-23(24)30)22-9-11-25(33-12-14-35-27(31)20(3)4)26(17-22)34-13-15-36-28(32)29(5,6)7/h8-11,16-17H,1,3,12-15,18H2,2,4-7H3. The van der Waals surface area contributed by atoms with Crippen molar-refractivity contribution in [1.29, 1.82) is 0 Å². The van der Waals surface area contributed by atoms with E-state index in [9.17, 15) is 14.0 Å². The molecular weight excluding hydrogens is 479 g/mol. The van der Waals surface area contributed by atoms with Crippen molar-refractivity contribution in [3.63, 3.8) is 0 Å². The summed E-state index contributed by atoms with van der Waals surface area (Å²) in [5, 5.41) is 0. The zero-order valence-corrected chi connectivity index (χ0v) is 22.1. The maximum atomic E-state index is 14.6. The van der Waals surface area contributed by atoms with E-state index in [2.05, 4.69) is 13.2 Å². The first-order valence-electron chi connectivity index (χ1n) is 11.8. The minimum atomic E-state index is -0.625. The molecule has 0 saturated carbocycles. The van der Waals surface area contributed by atoms with Crippen LogP contribution in [-0.2, 0) is 19.1 Å². The Morgan fingerprint density at radius 1 is 0.784 bits per heavy atom. The third kappa shape index (κ3) is 9.63. The second kappa shape index (κ2) is 13.5. The lowest BCUT2D eigenvalue weighted by Gasteiger charge is -2.18. The van der Waals surface area contributed by atoms with Gasteiger partial charge in [0, 0.05) is 5.57 Å². The van der Waals surface area contributed by atoms with Crippen molar-refractivity contribution in [2.75, 3.05) is 33.0 Å². The Labute approximate surface area is 217 Å². The molecule has 2 rings (SSSR count). The van der Waals surface area contributed by atoms with Crippen LogP contribution in [0.4, 0.5) is 4.39 Å². The lowest BCUT2D eigenvalue weighted by molar-refractivity contribution is -0.153. The number of hydrogen-bond acceptors (Lipinski definition) is 7. The smallest absolute Gasteiger partial charge is 0.333 e. The summed E-state index contributed by atoms with van der Waals surface area (Å²) < 4.78 is 41.9. The second-order valence-electron chi connectivity index (χ2n) is 9.55. The molecule has 0 unspecified atom stereocenters. The normalized spacial score (nSPS) is 10.9.